The third kappa shape index (κ3) is 3.40. The van der Waals surface area contributed by atoms with Crippen molar-refractivity contribution < 1.29 is 9.59 Å². The minimum Gasteiger partial charge on any atom is -0.348 e. The van der Waals surface area contributed by atoms with Gasteiger partial charge in [0.15, 0.2) is 0 Å². The molecule has 0 radical (unpaired) electrons. The van der Waals surface area contributed by atoms with Gasteiger partial charge in [-0.05, 0) is 25.5 Å². The summed E-state index contributed by atoms with van der Waals surface area (Å²) in [6, 6.07) is 1.70. The molecule has 7 heteroatoms. The van der Waals surface area contributed by atoms with Gasteiger partial charge in [0, 0.05) is 45.8 Å². The number of imidazole rings is 1. The van der Waals surface area contributed by atoms with Gasteiger partial charge in [-0.15, -0.1) is 0 Å². The van der Waals surface area contributed by atoms with Crippen LogP contribution in [0.1, 0.15) is 40.4 Å². The summed E-state index contributed by atoms with van der Waals surface area (Å²) in [5, 5.41) is 0. The summed E-state index contributed by atoms with van der Waals surface area (Å²) in [6.07, 6.45) is 5.53. The first kappa shape index (κ1) is 17.1. The average molecular weight is 341 g/mol. The van der Waals surface area contributed by atoms with Crippen LogP contribution < -0.4 is 0 Å². The molecule has 1 atom stereocenters. The Balaban J connectivity index is 1.81. The number of aromatic nitrogens is 3. The zero-order valence-corrected chi connectivity index (χ0v) is 15.1. The van der Waals surface area contributed by atoms with E-state index >= 15 is 0 Å². The highest BCUT2D eigenvalue weighted by molar-refractivity contribution is 5.94. The zero-order valence-electron chi connectivity index (χ0n) is 15.1. The summed E-state index contributed by atoms with van der Waals surface area (Å²) in [5.41, 5.74) is 2.29. The van der Waals surface area contributed by atoms with Crippen molar-refractivity contribution >= 4 is 11.8 Å². The summed E-state index contributed by atoms with van der Waals surface area (Å²) in [6.45, 7) is 5.17. The van der Waals surface area contributed by atoms with E-state index in [4.69, 9.17) is 0 Å². The molecule has 0 aliphatic carbocycles. The minimum atomic E-state index is -0.148. The van der Waals surface area contributed by atoms with Crippen LogP contribution in [0.25, 0.3) is 0 Å². The van der Waals surface area contributed by atoms with E-state index in [1.54, 1.807) is 31.4 Å². The van der Waals surface area contributed by atoms with Crippen LogP contribution in [-0.2, 0) is 17.8 Å². The van der Waals surface area contributed by atoms with Gasteiger partial charge in [0.1, 0.15) is 5.82 Å². The number of likely N-dealkylation sites (N-methyl/N-ethyl adjacent to an activating group) is 1. The van der Waals surface area contributed by atoms with E-state index in [2.05, 4.69) is 9.97 Å². The van der Waals surface area contributed by atoms with E-state index in [0.717, 1.165) is 17.1 Å². The summed E-state index contributed by atoms with van der Waals surface area (Å²) < 4.78 is 2.04. The van der Waals surface area contributed by atoms with Gasteiger partial charge in [0.2, 0.25) is 5.91 Å². The van der Waals surface area contributed by atoms with Gasteiger partial charge in [-0.25, -0.2) is 4.98 Å². The number of hydrogen-bond donors (Lipinski definition) is 0. The lowest BCUT2D eigenvalue weighted by molar-refractivity contribution is -0.128. The van der Waals surface area contributed by atoms with Crippen LogP contribution in [0.2, 0.25) is 0 Å². The number of rotatable bonds is 3. The number of pyridine rings is 1. The molecular formula is C18H23N5O2. The van der Waals surface area contributed by atoms with E-state index in [1.807, 2.05) is 35.6 Å². The SMILES string of the molecule is Cc1cncc(C(=O)N2CCn3cc(CC(=O)N(C)C)nc3C2C)c1. The maximum absolute atomic E-state index is 12.8. The van der Waals surface area contributed by atoms with E-state index in [0.29, 0.717) is 18.7 Å². The van der Waals surface area contributed by atoms with Crippen LogP contribution in [0, 0.1) is 6.92 Å². The molecule has 3 heterocycles. The van der Waals surface area contributed by atoms with Crippen molar-refractivity contribution in [1.29, 1.82) is 0 Å². The number of carbonyl (C=O) groups excluding carboxylic acids is 2. The van der Waals surface area contributed by atoms with Crippen molar-refractivity contribution in [2.24, 2.45) is 0 Å². The highest BCUT2D eigenvalue weighted by atomic mass is 16.2. The van der Waals surface area contributed by atoms with Crippen molar-refractivity contribution in [2.75, 3.05) is 20.6 Å². The van der Waals surface area contributed by atoms with E-state index in [1.165, 1.54) is 0 Å². The standard InChI is InChI=1S/C18H23N5O2/c1-12-7-14(10-19-9-12)18(25)23-6-5-22-11-15(8-16(24)21(3)4)20-17(22)13(23)2/h7,9-11,13H,5-6,8H2,1-4H3. The molecule has 2 amide bonds. The molecule has 1 aliphatic rings. The molecule has 0 N–H and O–H groups in total. The van der Waals surface area contributed by atoms with Gasteiger partial charge in [-0.2, -0.15) is 0 Å². The lowest BCUT2D eigenvalue weighted by Gasteiger charge is -2.33. The third-order valence-electron chi connectivity index (χ3n) is 4.49. The molecule has 1 aliphatic heterocycles. The molecule has 1 unspecified atom stereocenters. The second-order valence-electron chi connectivity index (χ2n) is 6.67. The molecule has 7 nitrogen and oxygen atoms in total. The Morgan fingerprint density at radius 2 is 2.04 bits per heavy atom. The summed E-state index contributed by atoms with van der Waals surface area (Å²) >= 11 is 0. The van der Waals surface area contributed by atoms with Gasteiger partial charge >= 0.3 is 0 Å². The average Bonchev–Trinajstić information content (AvgIpc) is 2.98. The molecule has 0 fully saturated rings. The molecule has 132 valence electrons. The van der Waals surface area contributed by atoms with Gasteiger partial charge in [0.25, 0.3) is 5.91 Å². The topological polar surface area (TPSA) is 71.3 Å². The maximum Gasteiger partial charge on any atom is 0.256 e. The molecule has 2 aromatic rings. The molecular weight excluding hydrogens is 318 g/mol. The molecule has 0 spiro atoms. The van der Waals surface area contributed by atoms with Crippen LogP contribution in [-0.4, -0.2) is 56.8 Å². The van der Waals surface area contributed by atoms with Gasteiger partial charge < -0.3 is 14.4 Å². The minimum absolute atomic E-state index is 0.0156. The first-order valence-corrected chi connectivity index (χ1v) is 8.35. The van der Waals surface area contributed by atoms with Crippen molar-refractivity contribution in [3.05, 3.63) is 47.3 Å². The molecule has 2 aromatic heterocycles. The van der Waals surface area contributed by atoms with Crippen LogP contribution in [0.3, 0.4) is 0 Å². The fourth-order valence-corrected chi connectivity index (χ4v) is 3.06. The lowest BCUT2D eigenvalue weighted by atomic mass is 10.1. The van der Waals surface area contributed by atoms with E-state index < -0.39 is 0 Å². The Bertz CT molecular complexity index is 812. The van der Waals surface area contributed by atoms with Crippen molar-refractivity contribution in [1.82, 2.24) is 24.3 Å². The quantitative estimate of drug-likeness (QED) is 0.847. The highest BCUT2D eigenvalue weighted by Gasteiger charge is 2.30. The number of hydrogen-bond acceptors (Lipinski definition) is 4. The Kier molecular flexibility index (Phi) is 4.57. The number of nitrogens with zero attached hydrogens (tertiary/aromatic N) is 5. The number of fused-ring (bicyclic) bond motifs is 1. The van der Waals surface area contributed by atoms with Gasteiger partial charge in [0.05, 0.1) is 23.7 Å². The van der Waals surface area contributed by atoms with Crippen molar-refractivity contribution in [2.45, 2.75) is 32.9 Å². The second kappa shape index (κ2) is 6.66. The highest BCUT2D eigenvalue weighted by Crippen LogP contribution is 2.26. The smallest absolute Gasteiger partial charge is 0.256 e. The Morgan fingerprint density at radius 3 is 2.72 bits per heavy atom. The second-order valence-corrected chi connectivity index (χ2v) is 6.67. The molecule has 0 saturated carbocycles. The molecule has 3 rings (SSSR count). The first-order valence-electron chi connectivity index (χ1n) is 8.35. The summed E-state index contributed by atoms with van der Waals surface area (Å²) in [4.78, 5) is 36.8. The predicted octanol–water partition coefficient (Wildman–Crippen LogP) is 1.43. The van der Waals surface area contributed by atoms with E-state index in [-0.39, 0.29) is 24.3 Å². The summed E-state index contributed by atoms with van der Waals surface area (Å²) in [7, 11) is 3.47. The lowest BCUT2D eigenvalue weighted by Crippen LogP contribution is -2.41. The van der Waals surface area contributed by atoms with Crippen molar-refractivity contribution in [3.63, 3.8) is 0 Å². The van der Waals surface area contributed by atoms with Crippen LogP contribution in [0.4, 0.5) is 0 Å². The zero-order chi connectivity index (χ0) is 18.1. The predicted molar refractivity (Wildman–Crippen MR) is 93.1 cm³/mol. The van der Waals surface area contributed by atoms with Gasteiger partial charge in [-0.3, -0.25) is 14.6 Å². The van der Waals surface area contributed by atoms with Crippen LogP contribution >= 0.6 is 0 Å². The van der Waals surface area contributed by atoms with Crippen LogP contribution in [0.15, 0.2) is 24.7 Å². The monoisotopic (exact) mass is 341 g/mol. The Labute approximate surface area is 147 Å². The number of amides is 2. The largest absolute Gasteiger partial charge is 0.348 e. The summed E-state index contributed by atoms with van der Waals surface area (Å²) in [5.74, 6) is 0.799. The number of carbonyl (C=O) groups is 2. The number of aryl methyl sites for hydroxylation is 1. The fourth-order valence-electron chi connectivity index (χ4n) is 3.06. The molecule has 25 heavy (non-hydrogen) atoms. The van der Waals surface area contributed by atoms with E-state index in [9.17, 15) is 9.59 Å². The van der Waals surface area contributed by atoms with Crippen molar-refractivity contribution in [3.8, 4) is 0 Å². The Morgan fingerprint density at radius 1 is 1.28 bits per heavy atom. The Hall–Kier alpha value is -2.70. The molecule has 0 saturated heterocycles. The van der Waals surface area contributed by atoms with Crippen LogP contribution in [0.5, 0.6) is 0 Å². The van der Waals surface area contributed by atoms with Gasteiger partial charge in [-0.1, -0.05) is 0 Å². The third-order valence-corrected chi connectivity index (χ3v) is 4.49. The fraction of sp³-hybridized carbons (Fsp3) is 0.444. The maximum atomic E-state index is 12.8. The first-order chi connectivity index (χ1) is 11.9. The molecule has 0 bridgehead atoms. The molecule has 0 aromatic carbocycles. The normalized spacial score (nSPS) is 16.5.